The average molecular weight is 325 g/mol. The van der Waals surface area contributed by atoms with Crippen LogP contribution in [0.2, 0.25) is 0 Å². The zero-order valence-electron chi connectivity index (χ0n) is 11.0. The Morgan fingerprint density at radius 1 is 1.42 bits per heavy atom. The third kappa shape index (κ3) is 2.76. The van der Waals surface area contributed by atoms with Gasteiger partial charge >= 0.3 is 0 Å². The van der Waals surface area contributed by atoms with Gasteiger partial charge in [-0.3, -0.25) is 9.48 Å². The maximum Gasteiger partial charge on any atom is 0.169 e. The Kier molecular flexibility index (Phi) is 3.85. The summed E-state index contributed by atoms with van der Waals surface area (Å²) in [5.41, 5.74) is 2.83. The third-order valence-corrected chi connectivity index (χ3v) is 4.12. The Hall–Kier alpha value is -1.49. The van der Waals surface area contributed by atoms with Crippen LogP contribution in [0.4, 0.5) is 4.39 Å². The molecule has 0 spiro atoms. The highest BCUT2D eigenvalue weighted by molar-refractivity contribution is 9.10. The molecule has 0 radical (unpaired) electrons. The number of ketones is 1. The number of carbonyl (C=O) groups is 1. The first-order valence-electron chi connectivity index (χ1n) is 5.87. The van der Waals surface area contributed by atoms with Crippen molar-refractivity contribution >= 4 is 21.7 Å². The summed E-state index contributed by atoms with van der Waals surface area (Å²) in [6.07, 6.45) is 0.197. The first kappa shape index (κ1) is 13.9. The zero-order chi connectivity index (χ0) is 14.2. The van der Waals surface area contributed by atoms with E-state index in [9.17, 15) is 9.18 Å². The van der Waals surface area contributed by atoms with Crippen molar-refractivity contribution in [3.63, 3.8) is 0 Å². The third-order valence-electron chi connectivity index (χ3n) is 3.09. The van der Waals surface area contributed by atoms with Gasteiger partial charge in [0.25, 0.3) is 0 Å². The number of hydrogen-bond acceptors (Lipinski definition) is 2. The molecule has 0 N–H and O–H groups in total. The molecule has 0 saturated heterocycles. The summed E-state index contributed by atoms with van der Waals surface area (Å²) in [7, 11) is 1.79. The van der Waals surface area contributed by atoms with E-state index in [1.165, 1.54) is 12.1 Å². The van der Waals surface area contributed by atoms with Crippen LogP contribution in [0.15, 0.2) is 22.7 Å². The number of aryl methyl sites for hydroxylation is 3. The van der Waals surface area contributed by atoms with Gasteiger partial charge in [0.2, 0.25) is 0 Å². The number of Topliss-reactive ketones (excluding diaryl/α,β-unsaturated/α-hetero) is 1. The van der Waals surface area contributed by atoms with Gasteiger partial charge < -0.3 is 0 Å². The lowest BCUT2D eigenvalue weighted by Gasteiger charge is -2.06. The first-order valence-corrected chi connectivity index (χ1v) is 6.66. The first-order chi connectivity index (χ1) is 8.90. The lowest BCUT2D eigenvalue weighted by molar-refractivity contribution is 0.0989. The number of carbonyl (C=O) groups excluding carboxylic acids is 1. The van der Waals surface area contributed by atoms with Gasteiger partial charge in [0, 0.05) is 12.6 Å². The Morgan fingerprint density at radius 2 is 2.11 bits per heavy atom. The van der Waals surface area contributed by atoms with Crippen LogP contribution >= 0.6 is 15.9 Å². The normalized spacial score (nSPS) is 10.8. The van der Waals surface area contributed by atoms with E-state index in [1.54, 1.807) is 24.7 Å². The molecular weight excluding hydrogens is 311 g/mol. The highest BCUT2D eigenvalue weighted by Crippen LogP contribution is 2.22. The fourth-order valence-corrected chi connectivity index (χ4v) is 2.49. The van der Waals surface area contributed by atoms with Crippen molar-refractivity contribution in [3.05, 3.63) is 51.0 Å². The smallest absolute Gasteiger partial charge is 0.169 e. The monoisotopic (exact) mass is 324 g/mol. The molecule has 5 heteroatoms. The molecule has 2 rings (SSSR count). The van der Waals surface area contributed by atoms with Crippen LogP contribution in [0.5, 0.6) is 0 Å². The van der Waals surface area contributed by atoms with E-state index in [0.717, 1.165) is 21.4 Å². The Balaban J connectivity index is 2.33. The van der Waals surface area contributed by atoms with Gasteiger partial charge in [-0.15, -0.1) is 0 Å². The number of halogens is 2. The Morgan fingerprint density at radius 3 is 2.68 bits per heavy atom. The highest BCUT2D eigenvalue weighted by Gasteiger charge is 2.17. The molecular formula is C14H14BrFN2O. The quantitative estimate of drug-likeness (QED) is 0.811. The van der Waals surface area contributed by atoms with Gasteiger partial charge in [0.15, 0.2) is 5.78 Å². The molecule has 0 bridgehead atoms. The lowest BCUT2D eigenvalue weighted by Crippen LogP contribution is -2.10. The van der Waals surface area contributed by atoms with Gasteiger partial charge in [-0.2, -0.15) is 5.10 Å². The minimum absolute atomic E-state index is 0.110. The van der Waals surface area contributed by atoms with E-state index in [0.29, 0.717) is 5.56 Å². The van der Waals surface area contributed by atoms with Crippen LogP contribution in [0, 0.1) is 19.7 Å². The number of aromatic nitrogens is 2. The summed E-state index contributed by atoms with van der Waals surface area (Å²) in [5.74, 6) is -0.505. The lowest BCUT2D eigenvalue weighted by atomic mass is 10.0. The topological polar surface area (TPSA) is 34.9 Å². The number of rotatable bonds is 3. The molecule has 0 amide bonds. The van der Waals surface area contributed by atoms with Crippen molar-refractivity contribution in [1.29, 1.82) is 0 Å². The van der Waals surface area contributed by atoms with Crippen LogP contribution in [-0.4, -0.2) is 15.6 Å². The predicted octanol–water partition coefficient (Wildman–Crippen LogP) is 3.36. The van der Waals surface area contributed by atoms with E-state index in [4.69, 9.17) is 0 Å². The summed E-state index contributed by atoms with van der Waals surface area (Å²) in [6.45, 7) is 3.67. The molecule has 1 aromatic carbocycles. The van der Waals surface area contributed by atoms with Crippen LogP contribution in [0.1, 0.15) is 27.3 Å². The highest BCUT2D eigenvalue weighted by atomic mass is 79.9. The molecule has 0 atom stereocenters. The van der Waals surface area contributed by atoms with Gasteiger partial charge in [0.05, 0.1) is 22.3 Å². The molecule has 1 aromatic heterocycles. The molecule has 0 aliphatic heterocycles. The van der Waals surface area contributed by atoms with Crippen molar-refractivity contribution in [1.82, 2.24) is 9.78 Å². The van der Waals surface area contributed by atoms with Crippen LogP contribution in [0.3, 0.4) is 0 Å². The van der Waals surface area contributed by atoms with E-state index in [-0.39, 0.29) is 12.2 Å². The molecule has 0 aliphatic carbocycles. The summed E-state index contributed by atoms with van der Waals surface area (Å²) in [6, 6.07) is 4.26. The van der Waals surface area contributed by atoms with E-state index in [1.807, 2.05) is 6.92 Å². The molecule has 0 aliphatic rings. The molecule has 0 unspecified atom stereocenters. The summed E-state index contributed by atoms with van der Waals surface area (Å²) in [4.78, 5) is 12.3. The SMILES string of the molecule is Cc1ccc(F)cc1C(=O)Cc1c(Br)c(C)nn1C. The molecule has 2 aromatic rings. The molecule has 1 heterocycles. The molecule has 100 valence electrons. The van der Waals surface area contributed by atoms with E-state index in [2.05, 4.69) is 21.0 Å². The standard InChI is InChI=1S/C14H14BrFN2O/c1-8-4-5-10(16)6-11(8)13(19)7-12-14(15)9(2)17-18(12)3/h4-6H,7H2,1-3H3. The Bertz CT molecular complexity index is 649. The second-order valence-electron chi connectivity index (χ2n) is 4.53. The Labute approximate surface area is 119 Å². The van der Waals surface area contributed by atoms with Crippen LogP contribution < -0.4 is 0 Å². The number of benzene rings is 1. The minimum atomic E-state index is -0.394. The van der Waals surface area contributed by atoms with Crippen LogP contribution in [0.25, 0.3) is 0 Å². The predicted molar refractivity (Wildman–Crippen MR) is 74.8 cm³/mol. The maximum atomic E-state index is 13.2. The van der Waals surface area contributed by atoms with Crippen molar-refractivity contribution in [2.75, 3.05) is 0 Å². The molecule has 0 fully saturated rings. The largest absolute Gasteiger partial charge is 0.294 e. The average Bonchev–Trinajstić information content (AvgIpc) is 2.59. The van der Waals surface area contributed by atoms with Gasteiger partial charge in [-0.05, 0) is 47.5 Å². The molecule has 0 saturated carbocycles. The van der Waals surface area contributed by atoms with Gasteiger partial charge in [-0.1, -0.05) is 6.07 Å². The summed E-state index contributed by atoms with van der Waals surface area (Å²) < 4.78 is 15.7. The summed E-state index contributed by atoms with van der Waals surface area (Å²) >= 11 is 3.43. The van der Waals surface area contributed by atoms with Crippen LogP contribution in [-0.2, 0) is 13.5 Å². The summed E-state index contributed by atoms with van der Waals surface area (Å²) in [5, 5.41) is 4.24. The second-order valence-corrected chi connectivity index (χ2v) is 5.32. The fourth-order valence-electron chi connectivity index (χ4n) is 2.01. The second kappa shape index (κ2) is 5.25. The van der Waals surface area contributed by atoms with Gasteiger partial charge in [-0.25, -0.2) is 4.39 Å². The van der Waals surface area contributed by atoms with E-state index >= 15 is 0 Å². The van der Waals surface area contributed by atoms with Crippen molar-refractivity contribution in [2.45, 2.75) is 20.3 Å². The van der Waals surface area contributed by atoms with Crippen molar-refractivity contribution < 1.29 is 9.18 Å². The fraction of sp³-hybridized carbons (Fsp3) is 0.286. The molecule has 19 heavy (non-hydrogen) atoms. The maximum absolute atomic E-state index is 13.2. The van der Waals surface area contributed by atoms with Crippen molar-refractivity contribution in [3.8, 4) is 0 Å². The number of hydrogen-bond donors (Lipinski definition) is 0. The minimum Gasteiger partial charge on any atom is -0.294 e. The molecule has 3 nitrogen and oxygen atoms in total. The van der Waals surface area contributed by atoms with Crippen molar-refractivity contribution in [2.24, 2.45) is 7.05 Å². The zero-order valence-corrected chi connectivity index (χ0v) is 12.6. The van der Waals surface area contributed by atoms with Gasteiger partial charge in [0.1, 0.15) is 5.82 Å². The number of nitrogens with zero attached hydrogens (tertiary/aromatic N) is 2. The van der Waals surface area contributed by atoms with E-state index < -0.39 is 5.82 Å².